The van der Waals surface area contributed by atoms with Crippen molar-refractivity contribution in [2.75, 3.05) is 13.2 Å². The van der Waals surface area contributed by atoms with Crippen molar-refractivity contribution in [3.05, 3.63) is 118 Å². The number of carbonyl (C=O) groups excluding carboxylic acids is 2. The Bertz CT molecular complexity index is 1510. The van der Waals surface area contributed by atoms with Crippen LogP contribution in [0, 0.1) is 23.7 Å². The quantitative estimate of drug-likeness (QED) is 0.136. The number of carbonyl (C=O) groups is 2. The number of esters is 2. The van der Waals surface area contributed by atoms with Gasteiger partial charge in [-0.3, -0.25) is 0 Å². The lowest BCUT2D eigenvalue weighted by Gasteiger charge is -2.12. The zero-order valence-corrected chi connectivity index (χ0v) is 22.2. The summed E-state index contributed by atoms with van der Waals surface area (Å²) >= 11 is 0. The molecule has 0 aliphatic carbocycles. The van der Waals surface area contributed by atoms with E-state index < -0.39 is 11.9 Å². The molecule has 0 spiro atoms. The van der Waals surface area contributed by atoms with Crippen molar-refractivity contribution < 1.29 is 28.5 Å². The third-order valence-electron chi connectivity index (χ3n) is 6.10. The largest absolute Gasteiger partial charge is 0.422 e. The predicted molar refractivity (Wildman–Crippen MR) is 150 cm³/mol. The van der Waals surface area contributed by atoms with Gasteiger partial charge >= 0.3 is 11.9 Å². The van der Waals surface area contributed by atoms with Crippen molar-refractivity contribution in [1.29, 1.82) is 0 Å². The second-order valence-corrected chi connectivity index (χ2v) is 9.57. The molecule has 0 saturated carbocycles. The molecule has 0 bridgehead atoms. The number of epoxide rings is 2. The van der Waals surface area contributed by atoms with Crippen molar-refractivity contribution in [3.8, 4) is 35.2 Å². The minimum Gasteiger partial charge on any atom is -0.422 e. The molecule has 2 atom stereocenters. The predicted octanol–water partition coefficient (Wildman–Crippen LogP) is 5.59. The molecular weight excluding hydrogens is 504 g/mol. The Morgan fingerprint density at radius 3 is 1.32 bits per heavy atom. The van der Waals surface area contributed by atoms with Gasteiger partial charge in [-0.25, -0.2) is 9.59 Å². The van der Waals surface area contributed by atoms with E-state index in [0.29, 0.717) is 11.1 Å². The maximum absolute atomic E-state index is 12.5. The van der Waals surface area contributed by atoms with Gasteiger partial charge in [0.15, 0.2) is 0 Å². The molecule has 2 unspecified atom stereocenters. The number of hydrogen-bond donors (Lipinski definition) is 0. The second-order valence-electron chi connectivity index (χ2n) is 9.57. The topological polar surface area (TPSA) is 77.7 Å². The molecule has 2 aliphatic heterocycles. The van der Waals surface area contributed by atoms with Crippen LogP contribution in [0.1, 0.15) is 59.4 Å². The molecule has 0 radical (unpaired) electrons. The molecule has 2 aliphatic rings. The summed E-state index contributed by atoms with van der Waals surface area (Å²) in [7, 11) is 0. The van der Waals surface area contributed by atoms with Gasteiger partial charge < -0.3 is 18.9 Å². The summed E-state index contributed by atoms with van der Waals surface area (Å²) in [6.45, 7) is 11.9. The first-order chi connectivity index (χ1) is 19.3. The van der Waals surface area contributed by atoms with Crippen LogP contribution >= 0.6 is 0 Å². The molecular formula is C34H26O6. The van der Waals surface area contributed by atoms with E-state index in [2.05, 4.69) is 36.8 Å². The first-order valence-electron chi connectivity index (χ1n) is 12.7. The summed E-state index contributed by atoms with van der Waals surface area (Å²) in [5.74, 6) is 11.4. The van der Waals surface area contributed by atoms with E-state index in [1.807, 2.05) is 48.5 Å². The Hall–Kier alpha value is -4.88. The molecule has 0 N–H and O–H groups in total. The third kappa shape index (κ3) is 6.76. The summed E-state index contributed by atoms with van der Waals surface area (Å²) in [6.07, 6.45) is 0.305. The van der Waals surface area contributed by atoms with E-state index in [-0.39, 0.29) is 34.9 Å². The van der Waals surface area contributed by atoms with Gasteiger partial charge in [-0.1, -0.05) is 61.1 Å². The molecule has 3 aromatic carbocycles. The lowest BCUT2D eigenvalue weighted by atomic mass is 10.1. The van der Waals surface area contributed by atoms with Crippen LogP contribution in [0.15, 0.2) is 85.0 Å². The van der Waals surface area contributed by atoms with E-state index >= 15 is 0 Å². The molecule has 2 fully saturated rings. The zero-order valence-electron chi connectivity index (χ0n) is 22.2. The zero-order chi connectivity index (χ0) is 28.2. The van der Waals surface area contributed by atoms with Crippen molar-refractivity contribution in [3.63, 3.8) is 0 Å². The number of benzene rings is 3. The molecule has 3 aromatic rings. The molecule has 6 nitrogen and oxygen atoms in total. The van der Waals surface area contributed by atoms with Gasteiger partial charge in [0.25, 0.3) is 0 Å². The summed E-state index contributed by atoms with van der Waals surface area (Å²) in [5, 5.41) is 0. The molecule has 0 aromatic heterocycles. The molecule has 40 heavy (non-hydrogen) atoms. The average Bonchev–Trinajstić information content (AvgIpc) is 3.86. The number of rotatable bonds is 6. The van der Waals surface area contributed by atoms with Gasteiger partial charge in [0.2, 0.25) is 0 Å². The standard InChI is InChI=1S/C34H26O6/c1-21(2)33(35)39-29-17-28(16-10-24-7-13-26(14-8-24)32-20-38-32)30(40-34(36)22(3)4)18-27(29)15-9-23-5-11-25(12-6-23)31-19-37-31/h5-8,11-14,17-18,31-32H,1,3,19-20H2,2,4H3. The van der Waals surface area contributed by atoms with E-state index in [1.54, 1.807) is 26.0 Å². The van der Waals surface area contributed by atoms with Crippen LogP contribution in [-0.4, -0.2) is 25.2 Å². The molecule has 5 rings (SSSR count). The fourth-order valence-corrected chi connectivity index (χ4v) is 3.62. The molecule has 2 heterocycles. The Kier molecular flexibility index (Phi) is 7.66. The fraction of sp³-hybridized carbons (Fsp3) is 0.176. The highest BCUT2D eigenvalue weighted by atomic mass is 16.6. The van der Waals surface area contributed by atoms with Crippen LogP contribution in [0.25, 0.3) is 0 Å². The first kappa shape index (κ1) is 26.7. The average molecular weight is 531 g/mol. The lowest BCUT2D eigenvalue weighted by molar-refractivity contribution is -0.131. The number of hydrogen-bond acceptors (Lipinski definition) is 6. The highest BCUT2D eigenvalue weighted by Gasteiger charge is 2.25. The highest BCUT2D eigenvalue weighted by molar-refractivity contribution is 5.90. The van der Waals surface area contributed by atoms with Crippen molar-refractivity contribution in [2.45, 2.75) is 26.1 Å². The van der Waals surface area contributed by atoms with E-state index in [4.69, 9.17) is 18.9 Å². The summed E-state index contributed by atoms with van der Waals surface area (Å²) in [5.41, 5.74) is 4.82. The maximum atomic E-state index is 12.5. The van der Waals surface area contributed by atoms with Crippen LogP contribution in [0.5, 0.6) is 11.5 Å². The second kappa shape index (κ2) is 11.5. The Morgan fingerprint density at radius 1 is 0.675 bits per heavy atom. The molecule has 198 valence electrons. The third-order valence-corrected chi connectivity index (χ3v) is 6.10. The van der Waals surface area contributed by atoms with Crippen LogP contribution in [0.2, 0.25) is 0 Å². The normalized spacial score (nSPS) is 16.4. The van der Waals surface area contributed by atoms with Gasteiger partial charge in [0, 0.05) is 34.4 Å². The molecule has 6 heteroatoms. The first-order valence-corrected chi connectivity index (χ1v) is 12.7. The monoisotopic (exact) mass is 530 g/mol. The summed E-state index contributed by atoms with van der Waals surface area (Å²) in [4.78, 5) is 24.9. The van der Waals surface area contributed by atoms with Crippen LogP contribution in [-0.2, 0) is 19.1 Å². The Labute approximate surface area is 233 Å². The SMILES string of the molecule is C=C(C)C(=O)Oc1cc(C#Cc2ccc(C3CO3)cc2)c(OC(=O)C(=C)C)cc1C#Cc1ccc(C2CO2)cc1. The molecule has 0 amide bonds. The Balaban J connectivity index is 1.53. The van der Waals surface area contributed by atoms with E-state index in [9.17, 15) is 9.59 Å². The van der Waals surface area contributed by atoms with Gasteiger partial charge in [-0.15, -0.1) is 0 Å². The van der Waals surface area contributed by atoms with E-state index in [1.165, 1.54) is 0 Å². The van der Waals surface area contributed by atoms with Gasteiger partial charge in [-0.05, 0) is 49.2 Å². The number of ether oxygens (including phenoxy) is 4. The minimum absolute atomic E-state index is 0.152. The van der Waals surface area contributed by atoms with Gasteiger partial charge in [-0.2, -0.15) is 0 Å². The summed E-state index contributed by atoms with van der Waals surface area (Å²) < 4.78 is 21.8. The fourth-order valence-electron chi connectivity index (χ4n) is 3.62. The van der Waals surface area contributed by atoms with E-state index in [0.717, 1.165) is 35.5 Å². The van der Waals surface area contributed by atoms with Crippen molar-refractivity contribution in [2.24, 2.45) is 0 Å². The maximum Gasteiger partial charge on any atom is 0.338 e. The van der Waals surface area contributed by atoms with Crippen LogP contribution in [0.3, 0.4) is 0 Å². The Morgan fingerprint density at radius 2 is 1.02 bits per heavy atom. The minimum atomic E-state index is -0.611. The van der Waals surface area contributed by atoms with Crippen LogP contribution < -0.4 is 9.47 Å². The van der Waals surface area contributed by atoms with Crippen molar-refractivity contribution in [1.82, 2.24) is 0 Å². The van der Waals surface area contributed by atoms with Crippen molar-refractivity contribution >= 4 is 11.9 Å². The van der Waals surface area contributed by atoms with Gasteiger partial charge in [0.05, 0.1) is 24.3 Å². The lowest BCUT2D eigenvalue weighted by Crippen LogP contribution is -2.12. The molecule has 2 saturated heterocycles. The summed E-state index contributed by atoms with van der Waals surface area (Å²) in [6, 6.07) is 18.5. The van der Waals surface area contributed by atoms with Gasteiger partial charge in [0.1, 0.15) is 23.7 Å². The van der Waals surface area contributed by atoms with Crippen LogP contribution in [0.4, 0.5) is 0 Å². The smallest absolute Gasteiger partial charge is 0.338 e. The highest BCUT2D eigenvalue weighted by Crippen LogP contribution is 2.32.